The van der Waals surface area contributed by atoms with E-state index in [1.807, 2.05) is 43.6 Å². The average Bonchev–Trinajstić information content (AvgIpc) is 3.21. The highest BCUT2D eigenvalue weighted by molar-refractivity contribution is 5.82. The van der Waals surface area contributed by atoms with Gasteiger partial charge in [-0.1, -0.05) is 24.6 Å². The van der Waals surface area contributed by atoms with Gasteiger partial charge in [-0.15, -0.1) is 0 Å². The minimum atomic E-state index is 0.206. The summed E-state index contributed by atoms with van der Waals surface area (Å²) in [5.41, 5.74) is 9.59. The van der Waals surface area contributed by atoms with Crippen molar-refractivity contribution in [1.82, 2.24) is 19.7 Å². The number of aromatic nitrogens is 3. The maximum absolute atomic E-state index is 9.73. The first-order valence-corrected chi connectivity index (χ1v) is 10.3. The molecular weight excluding hydrogens is 376 g/mol. The molecule has 0 saturated carbocycles. The summed E-state index contributed by atoms with van der Waals surface area (Å²) >= 11 is 0. The van der Waals surface area contributed by atoms with Crippen LogP contribution in [0.3, 0.4) is 0 Å². The quantitative estimate of drug-likeness (QED) is 0.679. The molecule has 1 aliphatic rings. The van der Waals surface area contributed by atoms with Crippen LogP contribution in [0.15, 0.2) is 42.7 Å². The molecular formula is C23H26N6O. The Kier molecular flexibility index (Phi) is 5.96. The van der Waals surface area contributed by atoms with E-state index in [-0.39, 0.29) is 5.82 Å². The SMILES string of the molecule is Cn1cc(-c2cc(-c3ccccc3OCCN3CCCCC3)c(C#N)c(N)n2)cn1. The topological polar surface area (TPSA) is 93.0 Å². The van der Waals surface area contributed by atoms with Crippen molar-refractivity contribution in [3.8, 4) is 34.2 Å². The molecule has 7 heteroatoms. The van der Waals surface area contributed by atoms with Crippen LogP contribution >= 0.6 is 0 Å². The number of ether oxygens (including phenoxy) is 1. The number of anilines is 1. The second-order valence-corrected chi connectivity index (χ2v) is 7.58. The van der Waals surface area contributed by atoms with Crippen molar-refractivity contribution in [2.45, 2.75) is 19.3 Å². The summed E-state index contributed by atoms with van der Waals surface area (Å²) < 4.78 is 7.87. The molecule has 1 aliphatic heterocycles. The second-order valence-electron chi connectivity index (χ2n) is 7.58. The summed E-state index contributed by atoms with van der Waals surface area (Å²) in [7, 11) is 1.85. The molecule has 2 N–H and O–H groups in total. The van der Waals surface area contributed by atoms with Gasteiger partial charge >= 0.3 is 0 Å². The van der Waals surface area contributed by atoms with Crippen LogP contribution in [0, 0.1) is 11.3 Å². The number of hydrogen-bond donors (Lipinski definition) is 1. The Morgan fingerprint density at radius 2 is 1.97 bits per heavy atom. The number of nitriles is 1. The number of aryl methyl sites for hydroxylation is 1. The summed E-state index contributed by atoms with van der Waals surface area (Å²) in [6.45, 7) is 3.78. The zero-order chi connectivity index (χ0) is 20.9. The Labute approximate surface area is 176 Å². The van der Waals surface area contributed by atoms with Gasteiger partial charge in [0.2, 0.25) is 0 Å². The molecule has 4 rings (SSSR count). The highest BCUT2D eigenvalue weighted by atomic mass is 16.5. The van der Waals surface area contributed by atoms with E-state index >= 15 is 0 Å². The van der Waals surface area contributed by atoms with E-state index < -0.39 is 0 Å². The molecule has 0 aliphatic carbocycles. The first-order chi connectivity index (χ1) is 14.7. The van der Waals surface area contributed by atoms with Gasteiger partial charge in [0.1, 0.15) is 29.8 Å². The molecule has 0 radical (unpaired) electrons. The van der Waals surface area contributed by atoms with Crippen molar-refractivity contribution >= 4 is 5.82 Å². The summed E-state index contributed by atoms with van der Waals surface area (Å²) in [5, 5.41) is 13.9. The molecule has 0 amide bonds. The van der Waals surface area contributed by atoms with Crippen molar-refractivity contribution in [2.75, 3.05) is 32.0 Å². The van der Waals surface area contributed by atoms with Crippen LogP contribution in [0.4, 0.5) is 5.82 Å². The van der Waals surface area contributed by atoms with Gasteiger partial charge in [0.25, 0.3) is 0 Å². The Morgan fingerprint density at radius 1 is 1.17 bits per heavy atom. The molecule has 154 valence electrons. The van der Waals surface area contributed by atoms with E-state index in [2.05, 4.69) is 21.1 Å². The number of pyridine rings is 1. The van der Waals surface area contributed by atoms with E-state index in [0.29, 0.717) is 17.9 Å². The number of nitrogens with two attached hydrogens (primary N) is 1. The normalized spacial score (nSPS) is 14.4. The lowest BCUT2D eigenvalue weighted by Gasteiger charge is -2.26. The zero-order valence-electron chi connectivity index (χ0n) is 17.2. The van der Waals surface area contributed by atoms with Gasteiger partial charge in [-0.3, -0.25) is 9.58 Å². The molecule has 3 aromatic rings. The number of hydrogen-bond acceptors (Lipinski definition) is 6. The first kappa shape index (κ1) is 19.9. The predicted octanol–water partition coefficient (Wildman–Crippen LogP) is 3.47. The summed E-state index contributed by atoms with van der Waals surface area (Å²) in [5.74, 6) is 0.950. The Balaban J connectivity index is 1.64. The van der Waals surface area contributed by atoms with Crippen LogP contribution in [-0.2, 0) is 7.05 Å². The molecule has 1 aromatic carbocycles. The fourth-order valence-corrected chi connectivity index (χ4v) is 3.88. The van der Waals surface area contributed by atoms with Crippen molar-refractivity contribution < 1.29 is 4.74 Å². The van der Waals surface area contributed by atoms with Crippen molar-refractivity contribution in [2.24, 2.45) is 7.05 Å². The third kappa shape index (κ3) is 4.29. The standard InChI is InChI=1S/C23H26N6O/c1-28-16-17(15-26-28)21-13-19(20(14-24)23(25)27-21)18-7-3-4-8-22(18)30-12-11-29-9-5-2-6-10-29/h3-4,7-8,13,15-16H,2,5-6,9-12H2,1H3,(H2,25,27). The summed E-state index contributed by atoms with van der Waals surface area (Å²) in [6, 6.07) is 11.9. The number of piperidine rings is 1. The fraction of sp³-hybridized carbons (Fsp3) is 0.348. The molecule has 30 heavy (non-hydrogen) atoms. The monoisotopic (exact) mass is 402 g/mol. The van der Waals surface area contributed by atoms with Gasteiger partial charge in [0, 0.05) is 36.5 Å². The third-order valence-corrected chi connectivity index (χ3v) is 5.45. The molecule has 7 nitrogen and oxygen atoms in total. The van der Waals surface area contributed by atoms with Crippen molar-refractivity contribution in [3.05, 3.63) is 48.3 Å². The molecule has 0 unspecified atom stereocenters. The number of para-hydroxylation sites is 1. The smallest absolute Gasteiger partial charge is 0.142 e. The zero-order valence-corrected chi connectivity index (χ0v) is 17.2. The minimum Gasteiger partial charge on any atom is -0.492 e. The highest BCUT2D eigenvalue weighted by Crippen LogP contribution is 2.36. The van der Waals surface area contributed by atoms with E-state index in [1.165, 1.54) is 19.3 Å². The molecule has 1 saturated heterocycles. The summed E-state index contributed by atoms with van der Waals surface area (Å²) in [4.78, 5) is 6.86. The van der Waals surface area contributed by atoms with Gasteiger partial charge in [-0.2, -0.15) is 10.4 Å². The van der Waals surface area contributed by atoms with E-state index in [1.54, 1.807) is 10.9 Å². The summed E-state index contributed by atoms with van der Waals surface area (Å²) in [6.07, 6.45) is 7.45. The van der Waals surface area contributed by atoms with Crippen LogP contribution in [-0.4, -0.2) is 45.9 Å². The van der Waals surface area contributed by atoms with Crippen LogP contribution < -0.4 is 10.5 Å². The van der Waals surface area contributed by atoms with E-state index in [9.17, 15) is 5.26 Å². The third-order valence-electron chi connectivity index (χ3n) is 5.45. The van der Waals surface area contributed by atoms with E-state index in [0.717, 1.165) is 42.1 Å². The van der Waals surface area contributed by atoms with Crippen molar-refractivity contribution in [1.29, 1.82) is 5.26 Å². The highest BCUT2D eigenvalue weighted by Gasteiger charge is 2.17. The maximum Gasteiger partial charge on any atom is 0.142 e. The molecule has 0 atom stereocenters. The minimum absolute atomic E-state index is 0.206. The van der Waals surface area contributed by atoms with Crippen LogP contribution in [0.2, 0.25) is 0 Å². The molecule has 1 fully saturated rings. The molecule has 0 bridgehead atoms. The second kappa shape index (κ2) is 8.97. The predicted molar refractivity (Wildman–Crippen MR) is 117 cm³/mol. The van der Waals surface area contributed by atoms with E-state index in [4.69, 9.17) is 10.5 Å². The lowest BCUT2D eigenvalue weighted by Crippen LogP contribution is -2.33. The van der Waals surface area contributed by atoms with Gasteiger partial charge < -0.3 is 10.5 Å². The number of likely N-dealkylation sites (tertiary alicyclic amines) is 1. The van der Waals surface area contributed by atoms with Gasteiger partial charge in [0.05, 0.1) is 11.9 Å². The Hall–Kier alpha value is -3.37. The number of nitrogen functional groups attached to an aromatic ring is 1. The largest absolute Gasteiger partial charge is 0.492 e. The maximum atomic E-state index is 9.73. The average molecular weight is 403 g/mol. The Bertz CT molecular complexity index is 1060. The van der Waals surface area contributed by atoms with Gasteiger partial charge in [-0.05, 0) is 38.1 Å². The lowest BCUT2D eigenvalue weighted by molar-refractivity contribution is 0.183. The molecule has 0 spiro atoms. The fourth-order valence-electron chi connectivity index (χ4n) is 3.88. The van der Waals surface area contributed by atoms with Gasteiger partial charge in [0.15, 0.2) is 0 Å². The first-order valence-electron chi connectivity index (χ1n) is 10.3. The van der Waals surface area contributed by atoms with Crippen molar-refractivity contribution in [3.63, 3.8) is 0 Å². The molecule has 2 aromatic heterocycles. The van der Waals surface area contributed by atoms with Crippen LogP contribution in [0.25, 0.3) is 22.4 Å². The Morgan fingerprint density at radius 3 is 2.70 bits per heavy atom. The van der Waals surface area contributed by atoms with Crippen LogP contribution in [0.5, 0.6) is 5.75 Å². The number of rotatable bonds is 6. The van der Waals surface area contributed by atoms with Gasteiger partial charge in [-0.25, -0.2) is 4.98 Å². The lowest BCUT2D eigenvalue weighted by atomic mass is 9.98. The van der Waals surface area contributed by atoms with Crippen LogP contribution in [0.1, 0.15) is 24.8 Å². The number of benzene rings is 1. The molecule has 3 heterocycles. The number of nitrogens with zero attached hydrogens (tertiary/aromatic N) is 5.